The first-order valence-corrected chi connectivity index (χ1v) is 8.35. The summed E-state index contributed by atoms with van der Waals surface area (Å²) < 4.78 is 1.74. The predicted octanol–water partition coefficient (Wildman–Crippen LogP) is 1.93. The molecule has 0 saturated carbocycles. The SMILES string of the molecule is Cn1nc(C(C)(C)C)cc1C(=O)N1CCC2(CCNC2)CC1. The third kappa shape index (κ3) is 2.78. The standard InChI is InChI=1S/C17H28N4O/c1-16(2,3)14-11-13(20(4)19-14)15(22)21-9-6-17(7-10-21)5-8-18-12-17/h11,18H,5-10,12H2,1-4H3. The summed E-state index contributed by atoms with van der Waals surface area (Å²) in [6.07, 6.45) is 3.50. The van der Waals surface area contributed by atoms with E-state index in [0.29, 0.717) is 11.1 Å². The number of hydrogen-bond acceptors (Lipinski definition) is 3. The molecule has 3 rings (SSSR count). The van der Waals surface area contributed by atoms with Crippen molar-refractivity contribution in [2.75, 3.05) is 26.2 Å². The number of nitrogens with zero attached hydrogens (tertiary/aromatic N) is 3. The molecule has 1 N–H and O–H groups in total. The number of likely N-dealkylation sites (tertiary alicyclic amines) is 1. The van der Waals surface area contributed by atoms with E-state index < -0.39 is 0 Å². The summed E-state index contributed by atoms with van der Waals surface area (Å²) in [5.74, 6) is 0.131. The van der Waals surface area contributed by atoms with Crippen LogP contribution in [0.4, 0.5) is 0 Å². The molecule has 0 unspecified atom stereocenters. The summed E-state index contributed by atoms with van der Waals surface area (Å²) in [7, 11) is 1.87. The number of hydrogen-bond donors (Lipinski definition) is 1. The van der Waals surface area contributed by atoms with E-state index >= 15 is 0 Å². The summed E-state index contributed by atoms with van der Waals surface area (Å²) in [6.45, 7) is 10.4. The zero-order chi connectivity index (χ0) is 16.0. The van der Waals surface area contributed by atoms with Crippen molar-refractivity contribution in [3.05, 3.63) is 17.5 Å². The Kier molecular flexibility index (Phi) is 3.79. The molecule has 0 aliphatic carbocycles. The van der Waals surface area contributed by atoms with Gasteiger partial charge in [-0.25, -0.2) is 0 Å². The van der Waals surface area contributed by atoms with Gasteiger partial charge in [-0.05, 0) is 37.3 Å². The van der Waals surface area contributed by atoms with Crippen LogP contribution in [0.3, 0.4) is 0 Å². The summed E-state index contributed by atoms with van der Waals surface area (Å²) in [4.78, 5) is 14.8. The molecule has 0 bridgehead atoms. The summed E-state index contributed by atoms with van der Waals surface area (Å²) in [6, 6.07) is 1.96. The van der Waals surface area contributed by atoms with Crippen molar-refractivity contribution in [1.82, 2.24) is 20.0 Å². The Hall–Kier alpha value is -1.36. The fourth-order valence-electron chi connectivity index (χ4n) is 3.60. The minimum atomic E-state index is -0.0300. The third-order valence-corrected chi connectivity index (χ3v) is 5.31. The van der Waals surface area contributed by atoms with Crippen LogP contribution in [-0.4, -0.2) is 46.8 Å². The van der Waals surface area contributed by atoms with Crippen molar-refractivity contribution in [2.24, 2.45) is 12.5 Å². The molecule has 0 radical (unpaired) electrons. The van der Waals surface area contributed by atoms with Crippen molar-refractivity contribution in [3.63, 3.8) is 0 Å². The van der Waals surface area contributed by atoms with Crippen LogP contribution in [0.25, 0.3) is 0 Å². The quantitative estimate of drug-likeness (QED) is 0.862. The average Bonchev–Trinajstić information content (AvgIpc) is 3.06. The maximum atomic E-state index is 12.8. The van der Waals surface area contributed by atoms with E-state index in [1.807, 2.05) is 18.0 Å². The van der Waals surface area contributed by atoms with E-state index in [9.17, 15) is 4.79 Å². The van der Waals surface area contributed by atoms with E-state index in [-0.39, 0.29) is 11.3 Å². The first-order valence-electron chi connectivity index (χ1n) is 8.35. The maximum Gasteiger partial charge on any atom is 0.272 e. The van der Waals surface area contributed by atoms with Gasteiger partial charge in [0.25, 0.3) is 5.91 Å². The monoisotopic (exact) mass is 304 g/mol. The molecule has 5 heteroatoms. The normalized spacial score (nSPS) is 21.5. The molecule has 2 saturated heterocycles. The number of carbonyl (C=O) groups excluding carboxylic acids is 1. The molecular weight excluding hydrogens is 276 g/mol. The summed E-state index contributed by atoms with van der Waals surface area (Å²) >= 11 is 0. The van der Waals surface area contributed by atoms with E-state index in [1.165, 1.54) is 6.42 Å². The van der Waals surface area contributed by atoms with Crippen LogP contribution in [-0.2, 0) is 12.5 Å². The molecular formula is C17H28N4O. The molecule has 1 aromatic heterocycles. The maximum absolute atomic E-state index is 12.8. The number of nitrogens with one attached hydrogen (secondary N) is 1. The van der Waals surface area contributed by atoms with Gasteiger partial charge in [0.2, 0.25) is 0 Å². The topological polar surface area (TPSA) is 50.2 Å². The number of carbonyl (C=O) groups is 1. The van der Waals surface area contributed by atoms with Crippen molar-refractivity contribution in [3.8, 4) is 0 Å². The molecule has 3 heterocycles. The molecule has 2 fully saturated rings. The predicted molar refractivity (Wildman–Crippen MR) is 87.0 cm³/mol. The summed E-state index contributed by atoms with van der Waals surface area (Å²) in [5, 5.41) is 8.00. The Morgan fingerprint density at radius 1 is 1.27 bits per heavy atom. The first kappa shape index (κ1) is 15.5. The molecule has 0 aromatic carbocycles. The van der Waals surface area contributed by atoms with Gasteiger partial charge in [0.05, 0.1) is 5.69 Å². The van der Waals surface area contributed by atoms with Crippen LogP contribution in [0.15, 0.2) is 6.07 Å². The molecule has 122 valence electrons. The average molecular weight is 304 g/mol. The fraction of sp³-hybridized carbons (Fsp3) is 0.765. The Bertz CT molecular complexity index is 554. The minimum Gasteiger partial charge on any atom is -0.337 e. The van der Waals surface area contributed by atoms with Gasteiger partial charge in [-0.2, -0.15) is 5.10 Å². The van der Waals surface area contributed by atoms with Gasteiger partial charge in [0, 0.05) is 32.1 Å². The molecule has 1 aromatic rings. The van der Waals surface area contributed by atoms with Crippen LogP contribution in [0, 0.1) is 5.41 Å². The Morgan fingerprint density at radius 2 is 1.95 bits per heavy atom. The lowest BCUT2D eigenvalue weighted by molar-refractivity contribution is 0.0597. The van der Waals surface area contributed by atoms with Gasteiger partial charge in [0.15, 0.2) is 0 Å². The van der Waals surface area contributed by atoms with Gasteiger partial charge in [-0.1, -0.05) is 20.8 Å². The smallest absolute Gasteiger partial charge is 0.272 e. The lowest BCUT2D eigenvalue weighted by Crippen LogP contribution is -2.44. The van der Waals surface area contributed by atoms with E-state index in [0.717, 1.165) is 44.7 Å². The Balaban J connectivity index is 1.71. The van der Waals surface area contributed by atoms with Crippen molar-refractivity contribution < 1.29 is 4.79 Å². The molecule has 5 nitrogen and oxygen atoms in total. The highest BCUT2D eigenvalue weighted by molar-refractivity contribution is 5.92. The third-order valence-electron chi connectivity index (χ3n) is 5.31. The molecule has 0 atom stereocenters. The van der Waals surface area contributed by atoms with Crippen LogP contribution in [0.1, 0.15) is 56.2 Å². The first-order chi connectivity index (χ1) is 10.3. The molecule has 22 heavy (non-hydrogen) atoms. The second kappa shape index (κ2) is 5.37. The van der Waals surface area contributed by atoms with Crippen molar-refractivity contribution in [2.45, 2.75) is 45.4 Å². The Morgan fingerprint density at radius 3 is 2.45 bits per heavy atom. The lowest BCUT2D eigenvalue weighted by atomic mass is 9.78. The van der Waals surface area contributed by atoms with Crippen LogP contribution in [0.5, 0.6) is 0 Å². The largest absolute Gasteiger partial charge is 0.337 e. The van der Waals surface area contributed by atoms with Gasteiger partial charge in [-0.15, -0.1) is 0 Å². The second-order valence-corrected chi connectivity index (χ2v) is 8.01. The zero-order valence-electron chi connectivity index (χ0n) is 14.3. The van der Waals surface area contributed by atoms with E-state index in [1.54, 1.807) is 4.68 Å². The van der Waals surface area contributed by atoms with E-state index in [4.69, 9.17) is 0 Å². The molecule has 2 aliphatic heterocycles. The van der Waals surface area contributed by atoms with Gasteiger partial charge >= 0.3 is 0 Å². The second-order valence-electron chi connectivity index (χ2n) is 8.01. The van der Waals surface area contributed by atoms with Crippen molar-refractivity contribution in [1.29, 1.82) is 0 Å². The van der Waals surface area contributed by atoms with Gasteiger partial charge in [0.1, 0.15) is 5.69 Å². The highest BCUT2D eigenvalue weighted by Crippen LogP contribution is 2.37. The fourth-order valence-corrected chi connectivity index (χ4v) is 3.60. The Labute approximate surface area is 133 Å². The van der Waals surface area contributed by atoms with Crippen LogP contribution < -0.4 is 5.32 Å². The lowest BCUT2D eigenvalue weighted by Gasteiger charge is -2.38. The van der Waals surface area contributed by atoms with Gasteiger partial charge in [-0.3, -0.25) is 9.48 Å². The van der Waals surface area contributed by atoms with Gasteiger partial charge < -0.3 is 10.2 Å². The number of piperidine rings is 1. The molecule has 2 aliphatic rings. The number of aromatic nitrogens is 2. The highest BCUT2D eigenvalue weighted by Gasteiger charge is 2.38. The zero-order valence-corrected chi connectivity index (χ0v) is 14.3. The number of aryl methyl sites for hydroxylation is 1. The number of rotatable bonds is 1. The van der Waals surface area contributed by atoms with E-state index in [2.05, 4.69) is 31.2 Å². The number of amides is 1. The molecule has 1 amide bonds. The van der Waals surface area contributed by atoms with Crippen LogP contribution in [0.2, 0.25) is 0 Å². The van der Waals surface area contributed by atoms with Crippen molar-refractivity contribution >= 4 is 5.91 Å². The summed E-state index contributed by atoms with van der Waals surface area (Å²) in [5.41, 5.74) is 2.11. The molecule has 1 spiro atoms. The highest BCUT2D eigenvalue weighted by atomic mass is 16.2. The minimum absolute atomic E-state index is 0.0300. The van der Waals surface area contributed by atoms with Crippen LogP contribution >= 0.6 is 0 Å².